The largest absolute Gasteiger partial charge is 0.479 e. The maximum Gasteiger partial charge on any atom is 0.341 e. The summed E-state index contributed by atoms with van der Waals surface area (Å²) in [6, 6.07) is 3.80. The molecule has 0 amide bonds. The van der Waals surface area contributed by atoms with E-state index in [2.05, 4.69) is 6.92 Å². The molecule has 1 aromatic heterocycles. The highest BCUT2D eigenvalue weighted by molar-refractivity contribution is 7.13. The van der Waals surface area contributed by atoms with Crippen LogP contribution in [0.3, 0.4) is 0 Å². The molecule has 0 fully saturated rings. The molecule has 0 aromatic carbocycles. The Labute approximate surface area is 81.0 Å². The molecule has 0 aliphatic carbocycles. The van der Waals surface area contributed by atoms with Gasteiger partial charge in [-0.05, 0) is 18.6 Å². The van der Waals surface area contributed by atoms with Gasteiger partial charge in [-0.15, -0.1) is 11.3 Å². The molecule has 0 saturated carbocycles. The number of carboxylic acid groups (broad SMARTS) is 1. The third kappa shape index (κ3) is 3.46. The minimum atomic E-state index is -0.939. The van der Waals surface area contributed by atoms with E-state index in [0.29, 0.717) is 5.06 Å². The molecular weight excluding hydrogens is 188 g/mol. The quantitative estimate of drug-likeness (QED) is 0.792. The third-order valence-corrected chi connectivity index (χ3v) is 2.53. The van der Waals surface area contributed by atoms with E-state index in [1.807, 2.05) is 12.1 Å². The van der Waals surface area contributed by atoms with Crippen molar-refractivity contribution in [1.29, 1.82) is 0 Å². The van der Waals surface area contributed by atoms with Crippen LogP contribution in [0.2, 0.25) is 0 Å². The maximum atomic E-state index is 10.2. The van der Waals surface area contributed by atoms with Crippen LogP contribution < -0.4 is 4.74 Å². The second kappa shape index (κ2) is 4.87. The van der Waals surface area contributed by atoms with Crippen molar-refractivity contribution < 1.29 is 14.6 Å². The lowest BCUT2D eigenvalue weighted by atomic mass is 10.3. The zero-order valence-corrected chi connectivity index (χ0v) is 8.26. The summed E-state index contributed by atoms with van der Waals surface area (Å²) in [5.41, 5.74) is 0. The minimum absolute atomic E-state index is 0.258. The number of carboxylic acids is 1. The van der Waals surface area contributed by atoms with Gasteiger partial charge in [0.1, 0.15) is 0 Å². The number of ether oxygens (including phenoxy) is 1. The second-order valence-electron chi connectivity index (χ2n) is 2.65. The number of hydrogen-bond acceptors (Lipinski definition) is 3. The van der Waals surface area contributed by atoms with Crippen LogP contribution in [0.15, 0.2) is 12.1 Å². The van der Waals surface area contributed by atoms with Gasteiger partial charge in [-0.3, -0.25) is 0 Å². The van der Waals surface area contributed by atoms with Gasteiger partial charge in [0.05, 0.1) is 0 Å². The predicted octanol–water partition coefficient (Wildman–Crippen LogP) is 2.16. The molecule has 0 atom stereocenters. The molecule has 13 heavy (non-hydrogen) atoms. The number of thiophene rings is 1. The molecule has 0 spiro atoms. The van der Waals surface area contributed by atoms with Crippen LogP contribution in [0.5, 0.6) is 5.06 Å². The molecule has 4 heteroatoms. The van der Waals surface area contributed by atoms with Crippen molar-refractivity contribution >= 4 is 17.3 Å². The second-order valence-corrected chi connectivity index (χ2v) is 3.78. The van der Waals surface area contributed by atoms with Gasteiger partial charge in [0.25, 0.3) is 0 Å². The lowest BCUT2D eigenvalue weighted by Crippen LogP contribution is -2.08. The molecule has 0 aliphatic heterocycles. The van der Waals surface area contributed by atoms with Crippen molar-refractivity contribution in [1.82, 2.24) is 0 Å². The Morgan fingerprint density at radius 1 is 1.62 bits per heavy atom. The first-order valence-corrected chi connectivity index (χ1v) is 4.97. The highest BCUT2D eigenvalue weighted by atomic mass is 32.1. The average Bonchev–Trinajstić information content (AvgIpc) is 2.50. The molecule has 0 aliphatic rings. The Morgan fingerprint density at radius 3 is 3.00 bits per heavy atom. The molecule has 0 unspecified atom stereocenters. The van der Waals surface area contributed by atoms with Gasteiger partial charge in [-0.2, -0.15) is 0 Å². The Kier molecular flexibility index (Phi) is 3.76. The molecule has 0 saturated heterocycles. The number of aliphatic carboxylic acids is 1. The summed E-state index contributed by atoms with van der Waals surface area (Å²) in [4.78, 5) is 11.4. The van der Waals surface area contributed by atoms with Crippen molar-refractivity contribution in [2.45, 2.75) is 19.8 Å². The van der Waals surface area contributed by atoms with Gasteiger partial charge in [0.15, 0.2) is 11.7 Å². The molecule has 1 heterocycles. The van der Waals surface area contributed by atoms with E-state index in [-0.39, 0.29) is 6.61 Å². The number of aryl methyl sites for hydroxylation is 1. The number of rotatable bonds is 5. The van der Waals surface area contributed by atoms with Crippen LogP contribution in [0, 0.1) is 0 Å². The molecular formula is C9H12O3S. The summed E-state index contributed by atoms with van der Waals surface area (Å²) in [7, 11) is 0. The lowest BCUT2D eigenvalue weighted by molar-refractivity contribution is -0.139. The average molecular weight is 200 g/mol. The molecule has 1 aromatic rings. The Hall–Kier alpha value is -1.03. The summed E-state index contributed by atoms with van der Waals surface area (Å²) in [5.74, 6) is -0.939. The Bertz CT molecular complexity index is 280. The number of hydrogen-bond donors (Lipinski definition) is 1. The Balaban J connectivity index is 2.44. The summed E-state index contributed by atoms with van der Waals surface area (Å²) in [5, 5.41) is 9.05. The predicted molar refractivity (Wildman–Crippen MR) is 51.4 cm³/mol. The van der Waals surface area contributed by atoms with Crippen molar-refractivity contribution in [2.75, 3.05) is 6.61 Å². The van der Waals surface area contributed by atoms with Crippen LogP contribution in [-0.2, 0) is 11.2 Å². The molecule has 1 N–H and O–H groups in total. The van der Waals surface area contributed by atoms with Crippen LogP contribution in [0.1, 0.15) is 18.2 Å². The monoisotopic (exact) mass is 200 g/mol. The smallest absolute Gasteiger partial charge is 0.341 e. The topological polar surface area (TPSA) is 46.5 Å². The Morgan fingerprint density at radius 2 is 2.38 bits per heavy atom. The van der Waals surface area contributed by atoms with Crippen molar-refractivity contribution in [3.8, 4) is 5.06 Å². The first kappa shape index (κ1) is 10.1. The van der Waals surface area contributed by atoms with Gasteiger partial charge in [-0.25, -0.2) is 4.79 Å². The highest BCUT2D eigenvalue weighted by Crippen LogP contribution is 2.25. The zero-order chi connectivity index (χ0) is 9.68. The third-order valence-electron chi connectivity index (χ3n) is 1.47. The molecule has 72 valence electrons. The first-order valence-electron chi connectivity index (χ1n) is 4.15. The van der Waals surface area contributed by atoms with Crippen LogP contribution in [0.4, 0.5) is 0 Å². The molecule has 0 radical (unpaired) electrons. The maximum absolute atomic E-state index is 10.2. The van der Waals surface area contributed by atoms with Crippen molar-refractivity contribution in [2.24, 2.45) is 0 Å². The van der Waals surface area contributed by atoms with Gasteiger partial charge < -0.3 is 9.84 Å². The molecule has 0 bridgehead atoms. The zero-order valence-electron chi connectivity index (χ0n) is 7.45. The van der Waals surface area contributed by atoms with E-state index >= 15 is 0 Å². The van der Waals surface area contributed by atoms with Gasteiger partial charge in [0.2, 0.25) is 0 Å². The van der Waals surface area contributed by atoms with E-state index in [1.54, 1.807) is 0 Å². The lowest BCUT2D eigenvalue weighted by Gasteiger charge is -1.96. The summed E-state index contributed by atoms with van der Waals surface area (Å²) in [6.45, 7) is 1.85. The summed E-state index contributed by atoms with van der Waals surface area (Å²) < 4.78 is 5.01. The van der Waals surface area contributed by atoms with E-state index in [1.165, 1.54) is 16.2 Å². The van der Waals surface area contributed by atoms with Crippen LogP contribution in [-0.4, -0.2) is 17.7 Å². The normalized spacial score (nSPS) is 9.92. The van der Waals surface area contributed by atoms with E-state index in [0.717, 1.165) is 12.8 Å². The summed E-state index contributed by atoms with van der Waals surface area (Å²) >= 11 is 1.51. The fourth-order valence-electron chi connectivity index (χ4n) is 0.949. The number of carbonyl (C=O) groups is 1. The van der Waals surface area contributed by atoms with E-state index < -0.39 is 5.97 Å². The first-order chi connectivity index (χ1) is 6.22. The minimum Gasteiger partial charge on any atom is -0.479 e. The SMILES string of the molecule is CCCc1ccc(OCC(=O)O)s1. The fraction of sp³-hybridized carbons (Fsp3) is 0.444. The molecule has 1 rings (SSSR count). The highest BCUT2D eigenvalue weighted by Gasteiger charge is 2.02. The standard InChI is InChI=1S/C9H12O3S/c1-2-3-7-4-5-9(13-7)12-6-8(10)11/h4-5H,2-3,6H2,1H3,(H,10,11). The summed E-state index contributed by atoms with van der Waals surface area (Å²) in [6.07, 6.45) is 2.12. The van der Waals surface area contributed by atoms with Crippen LogP contribution >= 0.6 is 11.3 Å². The molecule has 3 nitrogen and oxygen atoms in total. The van der Waals surface area contributed by atoms with Crippen molar-refractivity contribution in [3.63, 3.8) is 0 Å². The van der Waals surface area contributed by atoms with E-state index in [9.17, 15) is 4.79 Å². The van der Waals surface area contributed by atoms with Crippen molar-refractivity contribution in [3.05, 3.63) is 17.0 Å². The van der Waals surface area contributed by atoms with Crippen LogP contribution in [0.25, 0.3) is 0 Å². The van der Waals surface area contributed by atoms with E-state index in [4.69, 9.17) is 9.84 Å². The van der Waals surface area contributed by atoms with Gasteiger partial charge in [-0.1, -0.05) is 13.3 Å². The fourth-order valence-corrected chi connectivity index (χ4v) is 1.90. The van der Waals surface area contributed by atoms with Gasteiger partial charge >= 0.3 is 5.97 Å². The van der Waals surface area contributed by atoms with Gasteiger partial charge in [0, 0.05) is 4.88 Å².